The van der Waals surface area contributed by atoms with Crippen LogP contribution in [0.25, 0.3) is 11.3 Å². The lowest BCUT2D eigenvalue weighted by Crippen LogP contribution is -2.23. The molecule has 3 aromatic rings. The first-order valence-corrected chi connectivity index (χ1v) is 8.39. The molecule has 0 saturated heterocycles. The van der Waals surface area contributed by atoms with E-state index in [-0.39, 0.29) is 18.2 Å². The average Bonchev–Trinajstić information content (AvgIpc) is 3.16. The molecule has 138 valence electrons. The highest BCUT2D eigenvalue weighted by Crippen LogP contribution is 2.24. The number of benzene rings is 2. The molecule has 0 aliphatic carbocycles. The minimum Gasteiger partial charge on any atom is -0.451 e. The molecule has 3 rings (SSSR count). The number of carbonyl (C=O) groups is 2. The largest absolute Gasteiger partial charge is 0.451 e. The summed E-state index contributed by atoms with van der Waals surface area (Å²) in [7, 11) is 3.38. The van der Waals surface area contributed by atoms with Crippen LogP contribution in [0.3, 0.4) is 0 Å². The number of hydrogen-bond donors (Lipinski definition) is 1. The van der Waals surface area contributed by atoms with E-state index in [9.17, 15) is 14.0 Å². The van der Waals surface area contributed by atoms with Gasteiger partial charge in [0.15, 0.2) is 5.76 Å². The Morgan fingerprint density at radius 2 is 1.70 bits per heavy atom. The predicted octanol–water partition coefficient (Wildman–Crippen LogP) is 3.72. The fourth-order valence-corrected chi connectivity index (χ4v) is 2.56. The zero-order valence-electron chi connectivity index (χ0n) is 15.0. The van der Waals surface area contributed by atoms with Crippen molar-refractivity contribution in [2.24, 2.45) is 0 Å². The van der Waals surface area contributed by atoms with Crippen molar-refractivity contribution in [3.05, 3.63) is 83.4 Å². The van der Waals surface area contributed by atoms with Gasteiger partial charge in [0.1, 0.15) is 11.6 Å². The molecule has 0 bridgehead atoms. The lowest BCUT2D eigenvalue weighted by molar-refractivity contribution is 0.0827. The van der Waals surface area contributed by atoms with E-state index in [4.69, 9.17) is 4.42 Å². The van der Waals surface area contributed by atoms with Crippen LogP contribution >= 0.6 is 0 Å². The van der Waals surface area contributed by atoms with Gasteiger partial charge in [0.25, 0.3) is 11.8 Å². The van der Waals surface area contributed by atoms with Gasteiger partial charge in [-0.15, -0.1) is 0 Å². The Bertz CT molecular complexity index is 962. The molecule has 0 unspecified atom stereocenters. The topological polar surface area (TPSA) is 62.6 Å². The van der Waals surface area contributed by atoms with Gasteiger partial charge < -0.3 is 14.6 Å². The Morgan fingerprint density at radius 3 is 2.37 bits per heavy atom. The molecule has 0 aliphatic rings. The molecule has 0 spiro atoms. The number of hydrogen-bond acceptors (Lipinski definition) is 3. The Hall–Kier alpha value is -3.41. The van der Waals surface area contributed by atoms with Crippen molar-refractivity contribution >= 4 is 11.8 Å². The van der Waals surface area contributed by atoms with Gasteiger partial charge in [0.2, 0.25) is 0 Å². The summed E-state index contributed by atoms with van der Waals surface area (Å²) in [6, 6.07) is 16.3. The quantitative estimate of drug-likeness (QED) is 0.749. The summed E-state index contributed by atoms with van der Waals surface area (Å²) < 4.78 is 19.3. The number of rotatable bonds is 5. The van der Waals surface area contributed by atoms with Gasteiger partial charge in [-0.2, -0.15) is 0 Å². The van der Waals surface area contributed by atoms with Gasteiger partial charge in [-0.05, 0) is 42.0 Å². The maximum Gasteiger partial charge on any atom is 0.287 e. The van der Waals surface area contributed by atoms with Crippen LogP contribution in [0, 0.1) is 5.82 Å². The second kappa shape index (κ2) is 7.86. The first kappa shape index (κ1) is 18.4. The van der Waals surface area contributed by atoms with Gasteiger partial charge in [-0.25, -0.2) is 4.39 Å². The molecule has 1 N–H and O–H groups in total. The Kier molecular flexibility index (Phi) is 5.35. The molecule has 1 aromatic heterocycles. The third kappa shape index (κ3) is 4.23. The Labute approximate surface area is 156 Å². The minimum absolute atomic E-state index is 0.0816. The molecular weight excluding hydrogens is 347 g/mol. The molecule has 6 heteroatoms. The van der Waals surface area contributed by atoms with Gasteiger partial charge in [0, 0.05) is 26.2 Å². The summed E-state index contributed by atoms with van der Waals surface area (Å²) in [6.45, 7) is 0.283. The fraction of sp³-hybridized carbons (Fsp3) is 0.143. The summed E-state index contributed by atoms with van der Waals surface area (Å²) in [5, 5.41) is 2.74. The van der Waals surface area contributed by atoms with E-state index in [2.05, 4.69) is 5.32 Å². The highest BCUT2D eigenvalue weighted by molar-refractivity contribution is 5.94. The highest BCUT2D eigenvalue weighted by atomic mass is 19.1. The van der Waals surface area contributed by atoms with Crippen LogP contribution in [0.1, 0.15) is 26.5 Å². The molecule has 27 heavy (non-hydrogen) atoms. The standard InChI is InChI=1S/C21H19FN2O3/c1-24(2)21(26)15-9-7-14(8-10-15)13-23-20(25)19-12-11-18(27-19)16-5-3-4-6-17(16)22/h3-12H,13H2,1-2H3,(H,23,25). The smallest absolute Gasteiger partial charge is 0.287 e. The molecule has 0 saturated carbocycles. The van der Waals surface area contributed by atoms with Gasteiger partial charge >= 0.3 is 0 Å². The number of furan rings is 1. The first-order chi connectivity index (χ1) is 13.0. The summed E-state index contributed by atoms with van der Waals surface area (Å²) in [5.41, 5.74) is 1.73. The van der Waals surface area contributed by atoms with Crippen LogP contribution < -0.4 is 5.32 Å². The Morgan fingerprint density at radius 1 is 1.00 bits per heavy atom. The fourth-order valence-electron chi connectivity index (χ4n) is 2.56. The minimum atomic E-state index is -0.411. The number of halogens is 1. The van der Waals surface area contributed by atoms with E-state index in [0.29, 0.717) is 16.9 Å². The average molecular weight is 366 g/mol. The molecule has 0 radical (unpaired) electrons. The number of amides is 2. The third-order valence-corrected chi connectivity index (χ3v) is 4.03. The number of carbonyl (C=O) groups excluding carboxylic acids is 2. The zero-order valence-corrected chi connectivity index (χ0v) is 15.0. The predicted molar refractivity (Wildman–Crippen MR) is 99.7 cm³/mol. The van der Waals surface area contributed by atoms with Crippen molar-refractivity contribution < 1.29 is 18.4 Å². The van der Waals surface area contributed by atoms with E-state index in [1.165, 1.54) is 17.0 Å². The molecule has 0 aliphatic heterocycles. The Balaban J connectivity index is 1.63. The number of nitrogens with one attached hydrogen (secondary N) is 1. The highest BCUT2D eigenvalue weighted by Gasteiger charge is 2.14. The van der Waals surface area contributed by atoms with Crippen molar-refractivity contribution in [2.75, 3.05) is 14.1 Å². The van der Waals surface area contributed by atoms with E-state index in [1.807, 2.05) is 0 Å². The van der Waals surface area contributed by atoms with Gasteiger partial charge in [0.05, 0.1) is 5.56 Å². The maximum atomic E-state index is 13.8. The number of nitrogens with zero attached hydrogens (tertiary/aromatic N) is 1. The van der Waals surface area contributed by atoms with Crippen molar-refractivity contribution in [3.63, 3.8) is 0 Å². The summed E-state index contributed by atoms with van der Waals surface area (Å²) in [6.07, 6.45) is 0. The molecule has 5 nitrogen and oxygen atoms in total. The molecule has 2 aromatic carbocycles. The van der Waals surface area contributed by atoms with Crippen LogP contribution in [0.2, 0.25) is 0 Å². The van der Waals surface area contributed by atoms with Crippen LogP contribution in [0.15, 0.2) is 65.1 Å². The van der Waals surface area contributed by atoms with E-state index >= 15 is 0 Å². The summed E-state index contributed by atoms with van der Waals surface area (Å²) >= 11 is 0. The maximum absolute atomic E-state index is 13.8. The summed E-state index contributed by atoms with van der Waals surface area (Å²) in [5.74, 6) is -0.489. The molecule has 1 heterocycles. The van der Waals surface area contributed by atoms with Crippen molar-refractivity contribution in [1.82, 2.24) is 10.2 Å². The second-order valence-corrected chi connectivity index (χ2v) is 6.22. The molecule has 0 atom stereocenters. The lowest BCUT2D eigenvalue weighted by atomic mass is 10.1. The molecular formula is C21H19FN2O3. The lowest BCUT2D eigenvalue weighted by Gasteiger charge is -2.10. The van der Waals surface area contributed by atoms with E-state index < -0.39 is 11.7 Å². The van der Waals surface area contributed by atoms with Gasteiger partial charge in [-0.1, -0.05) is 24.3 Å². The van der Waals surface area contributed by atoms with Crippen molar-refractivity contribution in [3.8, 4) is 11.3 Å². The first-order valence-electron chi connectivity index (χ1n) is 8.39. The van der Waals surface area contributed by atoms with E-state index in [1.54, 1.807) is 62.6 Å². The van der Waals surface area contributed by atoms with E-state index in [0.717, 1.165) is 5.56 Å². The van der Waals surface area contributed by atoms with Gasteiger partial charge in [-0.3, -0.25) is 9.59 Å². The van der Waals surface area contributed by atoms with Crippen LogP contribution in [-0.4, -0.2) is 30.8 Å². The molecule has 2 amide bonds. The van der Waals surface area contributed by atoms with Crippen LogP contribution in [0.5, 0.6) is 0 Å². The zero-order chi connectivity index (χ0) is 19.4. The SMILES string of the molecule is CN(C)C(=O)c1ccc(CNC(=O)c2ccc(-c3ccccc3F)o2)cc1. The molecule has 0 fully saturated rings. The second-order valence-electron chi connectivity index (χ2n) is 6.22. The van der Waals surface area contributed by atoms with Crippen LogP contribution in [-0.2, 0) is 6.54 Å². The summed E-state index contributed by atoms with van der Waals surface area (Å²) in [4.78, 5) is 25.6. The van der Waals surface area contributed by atoms with Crippen molar-refractivity contribution in [1.29, 1.82) is 0 Å². The normalized spacial score (nSPS) is 10.5. The monoisotopic (exact) mass is 366 g/mol. The van der Waals surface area contributed by atoms with Crippen molar-refractivity contribution in [2.45, 2.75) is 6.54 Å². The third-order valence-electron chi connectivity index (χ3n) is 4.03. The van der Waals surface area contributed by atoms with Crippen LogP contribution in [0.4, 0.5) is 4.39 Å².